The number of fused-ring (bicyclic) bond motifs is 2. The maximum absolute atomic E-state index is 11.2. The lowest BCUT2D eigenvalue weighted by molar-refractivity contribution is -0.213. The molecule has 4 fully saturated rings. The molecule has 0 aromatic heterocycles. The van der Waals surface area contributed by atoms with E-state index in [0.29, 0.717) is 6.42 Å². The first-order valence-electron chi connectivity index (χ1n) is 9.45. The van der Waals surface area contributed by atoms with Crippen molar-refractivity contribution in [2.75, 3.05) is 6.61 Å². The third-order valence-corrected chi connectivity index (χ3v) is 8.43. The van der Waals surface area contributed by atoms with Crippen LogP contribution in [-0.4, -0.2) is 45.8 Å². The maximum atomic E-state index is 11.2. The summed E-state index contributed by atoms with van der Waals surface area (Å²) in [6.45, 7) is 10.5. The third-order valence-electron chi connectivity index (χ3n) is 8.43. The molecule has 9 atom stereocenters. The normalized spacial score (nSPS) is 62.2. The molecule has 136 valence electrons. The van der Waals surface area contributed by atoms with E-state index in [4.69, 9.17) is 4.74 Å². The van der Waals surface area contributed by atoms with Crippen LogP contribution in [0.15, 0.2) is 12.7 Å². The molecule has 24 heavy (non-hydrogen) atoms. The van der Waals surface area contributed by atoms with E-state index in [0.717, 1.165) is 25.7 Å². The summed E-state index contributed by atoms with van der Waals surface area (Å²) in [6.07, 6.45) is 5.15. The molecule has 3 N–H and O–H groups in total. The number of epoxide rings is 1. The van der Waals surface area contributed by atoms with E-state index in [1.54, 1.807) is 0 Å². The summed E-state index contributed by atoms with van der Waals surface area (Å²) < 4.78 is 6.23. The van der Waals surface area contributed by atoms with Crippen LogP contribution in [0.1, 0.15) is 52.9 Å². The van der Waals surface area contributed by atoms with E-state index in [9.17, 15) is 15.3 Å². The lowest BCUT2D eigenvalue weighted by Crippen LogP contribution is -2.68. The first-order valence-corrected chi connectivity index (χ1v) is 9.45. The van der Waals surface area contributed by atoms with Crippen molar-refractivity contribution in [3.63, 3.8) is 0 Å². The van der Waals surface area contributed by atoms with Crippen molar-refractivity contribution in [2.24, 2.45) is 28.1 Å². The minimum atomic E-state index is -0.620. The monoisotopic (exact) mass is 336 g/mol. The molecule has 4 rings (SSSR count). The Kier molecular flexibility index (Phi) is 3.44. The largest absolute Gasteiger partial charge is 0.396 e. The van der Waals surface area contributed by atoms with Gasteiger partial charge in [-0.25, -0.2) is 0 Å². The number of ether oxygens (including phenoxy) is 1. The van der Waals surface area contributed by atoms with Crippen LogP contribution in [0.2, 0.25) is 0 Å². The number of aliphatic hydroxyl groups is 3. The highest BCUT2D eigenvalue weighted by atomic mass is 16.6. The molecule has 2 unspecified atom stereocenters. The summed E-state index contributed by atoms with van der Waals surface area (Å²) in [5, 5.41) is 32.2. The Labute approximate surface area is 144 Å². The molecule has 0 bridgehead atoms. The van der Waals surface area contributed by atoms with Crippen molar-refractivity contribution < 1.29 is 20.1 Å². The highest BCUT2D eigenvalue weighted by Crippen LogP contribution is 2.72. The second-order valence-corrected chi connectivity index (χ2v) is 9.82. The molecule has 4 nitrogen and oxygen atoms in total. The van der Waals surface area contributed by atoms with Gasteiger partial charge in [0.05, 0.1) is 12.2 Å². The third kappa shape index (κ3) is 1.83. The van der Waals surface area contributed by atoms with Gasteiger partial charge >= 0.3 is 0 Å². The van der Waals surface area contributed by atoms with Crippen molar-refractivity contribution in [1.29, 1.82) is 0 Å². The predicted molar refractivity (Wildman–Crippen MR) is 91.3 cm³/mol. The first-order chi connectivity index (χ1) is 11.2. The molecule has 0 amide bonds. The topological polar surface area (TPSA) is 73.2 Å². The minimum Gasteiger partial charge on any atom is -0.396 e. The predicted octanol–water partition coefficient (Wildman–Crippen LogP) is 2.27. The van der Waals surface area contributed by atoms with Crippen LogP contribution in [-0.2, 0) is 4.74 Å². The molecular formula is C20H32O4. The Morgan fingerprint density at radius 3 is 2.50 bits per heavy atom. The van der Waals surface area contributed by atoms with E-state index in [2.05, 4.69) is 27.4 Å². The molecule has 1 spiro atoms. The molecular weight excluding hydrogens is 304 g/mol. The van der Waals surface area contributed by atoms with E-state index in [1.165, 1.54) is 0 Å². The molecule has 4 aliphatic rings. The van der Waals surface area contributed by atoms with Crippen LogP contribution in [0.5, 0.6) is 0 Å². The highest BCUT2D eigenvalue weighted by molar-refractivity contribution is 5.28. The Bertz CT molecular complexity index is 564. The van der Waals surface area contributed by atoms with Crippen LogP contribution in [0, 0.1) is 28.1 Å². The van der Waals surface area contributed by atoms with Crippen molar-refractivity contribution in [3.8, 4) is 0 Å². The van der Waals surface area contributed by atoms with Gasteiger partial charge in [0.1, 0.15) is 11.7 Å². The second-order valence-electron chi connectivity index (χ2n) is 9.82. The Balaban J connectivity index is 1.79. The van der Waals surface area contributed by atoms with Gasteiger partial charge in [0.25, 0.3) is 0 Å². The van der Waals surface area contributed by atoms with Crippen molar-refractivity contribution in [1.82, 2.24) is 0 Å². The fraction of sp³-hybridized carbons (Fsp3) is 0.900. The fourth-order valence-corrected chi connectivity index (χ4v) is 7.03. The molecule has 0 aromatic carbocycles. The minimum absolute atomic E-state index is 0.0358. The van der Waals surface area contributed by atoms with Crippen LogP contribution in [0.25, 0.3) is 0 Å². The van der Waals surface area contributed by atoms with E-state index in [-0.39, 0.29) is 41.0 Å². The summed E-state index contributed by atoms with van der Waals surface area (Å²) in [6, 6.07) is 0. The molecule has 4 heteroatoms. The van der Waals surface area contributed by atoms with Gasteiger partial charge in [0, 0.05) is 17.9 Å². The average Bonchev–Trinajstić information content (AvgIpc) is 3.25. The van der Waals surface area contributed by atoms with E-state index in [1.807, 2.05) is 6.08 Å². The van der Waals surface area contributed by atoms with Gasteiger partial charge in [-0.3, -0.25) is 0 Å². The SMILES string of the molecule is C=C[C@]1(C)CC[C@H]2[C@]3(C1)O[C@@H]3C(O)C1[C@@](C)(CO)CC[C@H](O)[C@]12C. The van der Waals surface area contributed by atoms with Gasteiger partial charge in [-0.05, 0) is 48.9 Å². The summed E-state index contributed by atoms with van der Waals surface area (Å²) in [5.74, 6) is 0.107. The zero-order valence-corrected chi connectivity index (χ0v) is 15.2. The summed E-state index contributed by atoms with van der Waals surface area (Å²) in [5.41, 5.74) is -1.05. The molecule has 1 heterocycles. The molecule has 3 aliphatic carbocycles. The number of rotatable bonds is 2. The second kappa shape index (κ2) is 4.85. The van der Waals surface area contributed by atoms with Crippen LogP contribution in [0.4, 0.5) is 0 Å². The Morgan fingerprint density at radius 1 is 1.17 bits per heavy atom. The van der Waals surface area contributed by atoms with Crippen LogP contribution < -0.4 is 0 Å². The van der Waals surface area contributed by atoms with Crippen LogP contribution >= 0.6 is 0 Å². The Hall–Kier alpha value is -0.420. The molecule has 3 saturated carbocycles. The molecule has 1 aliphatic heterocycles. The van der Waals surface area contributed by atoms with E-state index >= 15 is 0 Å². The Morgan fingerprint density at radius 2 is 1.88 bits per heavy atom. The molecule has 0 radical (unpaired) electrons. The quantitative estimate of drug-likeness (QED) is 0.534. The number of hydrogen-bond donors (Lipinski definition) is 3. The number of aliphatic hydroxyl groups excluding tert-OH is 3. The summed E-state index contributed by atoms with van der Waals surface area (Å²) >= 11 is 0. The average molecular weight is 336 g/mol. The molecule has 0 aromatic rings. The first kappa shape index (κ1) is 17.0. The van der Waals surface area contributed by atoms with Crippen LogP contribution in [0.3, 0.4) is 0 Å². The van der Waals surface area contributed by atoms with Crippen molar-refractivity contribution in [3.05, 3.63) is 12.7 Å². The van der Waals surface area contributed by atoms with Gasteiger partial charge in [-0.1, -0.05) is 26.8 Å². The standard InChI is InChI=1S/C20H32O4/c1-5-17(2)8-6-12-19(4)13(22)7-9-18(3,11-21)15(19)14(23)16-20(12,10-17)24-16/h5,12-16,21-23H,1,6-11H2,2-4H3/t12-,13+,14?,15?,16-,17-,18-,19-,20+/m1/s1. The van der Waals surface area contributed by atoms with Gasteiger partial charge < -0.3 is 20.1 Å². The van der Waals surface area contributed by atoms with Gasteiger partial charge in [0.15, 0.2) is 0 Å². The maximum Gasteiger partial charge on any atom is 0.114 e. The zero-order valence-electron chi connectivity index (χ0n) is 15.2. The lowest BCUT2D eigenvalue weighted by atomic mass is 9.41. The highest BCUT2D eigenvalue weighted by Gasteiger charge is 2.79. The van der Waals surface area contributed by atoms with Crippen molar-refractivity contribution in [2.45, 2.75) is 76.8 Å². The van der Waals surface area contributed by atoms with E-state index < -0.39 is 17.6 Å². The van der Waals surface area contributed by atoms with Gasteiger partial charge in [-0.2, -0.15) is 0 Å². The van der Waals surface area contributed by atoms with Gasteiger partial charge in [-0.15, -0.1) is 6.58 Å². The lowest BCUT2D eigenvalue weighted by Gasteiger charge is -2.63. The summed E-state index contributed by atoms with van der Waals surface area (Å²) in [4.78, 5) is 0. The summed E-state index contributed by atoms with van der Waals surface area (Å²) in [7, 11) is 0. The van der Waals surface area contributed by atoms with Crippen molar-refractivity contribution >= 4 is 0 Å². The number of hydrogen-bond acceptors (Lipinski definition) is 4. The smallest absolute Gasteiger partial charge is 0.114 e. The van der Waals surface area contributed by atoms with Gasteiger partial charge in [0.2, 0.25) is 0 Å². The zero-order chi connectivity index (χ0) is 17.5. The fourth-order valence-electron chi connectivity index (χ4n) is 7.03. The number of allylic oxidation sites excluding steroid dienone is 1. The molecule has 1 saturated heterocycles.